The summed E-state index contributed by atoms with van der Waals surface area (Å²) in [5.74, 6) is 0.471. The maximum atomic E-state index is 12.1. The predicted molar refractivity (Wildman–Crippen MR) is 108 cm³/mol. The van der Waals surface area contributed by atoms with Crippen LogP contribution in [0.15, 0.2) is 67.1 Å². The van der Waals surface area contributed by atoms with Crippen molar-refractivity contribution in [1.82, 2.24) is 25.2 Å². The van der Waals surface area contributed by atoms with E-state index in [1.807, 2.05) is 55.7 Å². The van der Waals surface area contributed by atoms with E-state index in [-0.39, 0.29) is 5.91 Å². The van der Waals surface area contributed by atoms with Crippen LogP contribution < -0.4 is 10.9 Å². The van der Waals surface area contributed by atoms with Crippen molar-refractivity contribution in [1.29, 1.82) is 0 Å². The number of amides is 1. The van der Waals surface area contributed by atoms with Crippen LogP contribution in [0.1, 0.15) is 12.0 Å². The number of benzene rings is 1. The van der Waals surface area contributed by atoms with Crippen molar-refractivity contribution >= 4 is 22.8 Å². The maximum Gasteiger partial charge on any atom is 0.238 e. The predicted octanol–water partition coefficient (Wildman–Crippen LogP) is 3.11. The Bertz CT molecular complexity index is 1110. The Balaban J connectivity index is 1.41. The molecule has 3 aromatic heterocycles. The number of carbonyl (C=O) groups is 1. The van der Waals surface area contributed by atoms with Crippen LogP contribution in [0.3, 0.4) is 0 Å². The maximum absolute atomic E-state index is 12.1. The lowest BCUT2D eigenvalue weighted by Gasteiger charge is -2.09. The molecule has 2 N–H and O–H groups in total. The number of nitrogens with zero attached hydrogens (tertiary/aromatic N) is 4. The second-order valence-electron chi connectivity index (χ2n) is 6.52. The minimum Gasteiger partial charge on any atom is -0.282 e. The second-order valence-corrected chi connectivity index (χ2v) is 6.52. The summed E-state index contributed by atoms with van der Waals surface area (Å²) in [4.78, 5) is 21.1. The molecule has 0 spiro atoms. The number of pyridine rings is 2. The summed E-state index contributed by atoms with van der Waals surface area (Å²) < 4.78 is 1.75. The number of fused-ring (bicyclic) bond motifs is 1. The number of hydrogen-bond donors (Lipinski definition) is 2. The van der Waals surface area contributed by atoms with Gasteiger partial charge in [-0.05, 0) is 30.2 Å². The molecule has 1 aromatic carbocycles. The molecule has 140 valence electrons. The summed E-state index contributed by atoms with van der Waals surface area (Å²) in [5.41, 5.74) is 10.2. The van der Waals surface area contributed by atoms with Crippen LogP contribution >= 0.6 is 0 Å². The molecule has 28 heavy (non-hydrogen) atoms. The fourth-order valence-corrected chi connectivity index (χ4v) is 2.90. The van der Waals surface area contributed by atoms with E-state index in [4.69, 9.17) is 0 Å². The Morgan fingerprint density at radius 1 is 1.04 bits per heavy atom. The molecular formula is C21H20N6O. The Hall–Kier alpha value is -3.74. The third kappa shape index (κ3) is 4.15. The van der Waals surface area contributed by atoms with Gasteiger partial charge < -0.3 is 0 Å². The Morgan fingerprint density at radius 2 is 1.89 bits per heavy atom. The fourth-order valence-electron chi connectivity index (χ4n) is 2.90. The number of aromatic nitrogens is 4. The van der Waals surface area contributed by atoms with E-state index >= 15 is 0 Å². The molecule has 4 aromatic rings. The summed E-state index contributed by atoms with van der Waals surface area (Å²) in [6.45, 7) is 0. The smallest absolute Gasteiger partial charge is 0.238 e. The highest BCUT2D eigenvalue weighted by molar-refractivity contribution is 5.82. The van der Waals surface area contributed by atoms with E-state index in [9.17, 15) is 4.79 Å². The SMILES string of the molecule is Cn1cc(-c2cnc3ccc(NNC(=O)CCc4ccccc4)nc3c2)cn1. The first-order valence-electron chi connectivity index (χ1n) is 9.02. The molecule has 0 aliphatic heterocycles. The van der Waals surface area contributed by atoms with Crippen LogP contribution in [0.25, 0.3) is 22.2 Å². The van der Waals surface area contributed by atoms with Crippen molar-refractivity contribution in [3.05, 3.63) is 72.7 Å². The summed E-state index contributed by atoms with van der Waals surface area (Å²) in [5, 5.41) is 4.19. The lowest BCUT2D eigenvalue weighted by molar-refractivity contribution is -0.120. The lowest BCUT2D eigenvalue weighted by atomic mass is 10.1. The standard InChI is InChI=1S/C21H20N6O/c1-27-14-17(13-23-27)16-11-19-18(22-12-16)8-9-20(24-19)25-26-21(28)10-7-15-5-3-2-4-6-15/h2-6,8-9,11-14H,7,10H2,1H3,(H,24,25)(H,26,28). The topological polar surface area (TPSA) is 84.7 Å². The zero-order chi connectivity index (χ0) is 19.3. The number of aryl methyl sites for hydroxylation is 2. The second kappa shape index (κ2) is 7.87. The molecule has 0 atom stereocenters. The fraction of sp³-hybridized carbons (Fsp3) is 0.143. The van der Waals surface area contributed by atoms with Crippen LogP contribution in [0.2, 0.25) is 0 Å². The first kappa shape index (κ1) is 17.7. The van der Waals surface area contributed by atoms with Gasteiger partial charge in [-0.1, -0.05) is 30.3 Å². The van der Waals surface area contributed by atoms with Gasteiger partial charge in [-0.2, -0.15) is 5.10 Å². The molecule has 0 aliphatic carbocycles. The highest BCUT2D eigenvalue weighted by atomic mass is 16.2. The molecule has 7 heteroatoms. The third-order valence-corrected chi connectivity index (χ3v) is 4.39. The lowest BCUT2D eigenvalue weighted by Crippen LogP contribution is -2.29. The number of hydrazine groups is 1. The molecule has 0 unspecified atom stereocenters. The minimum absolute atomic E-state index is 0.0898. The average molecular weight is 372 g/mol. The monoisotopic (exact) mass is 372 g/mol. The van der Waals surface area contributed by atoms with Crippen molar-refractivity contribution < 1.29 is 4.79 Å². The van der Waals surface area contributed by atoms with Crippen LogP contribution in [-0.2, 0) is 18.3 Å². The van der Waals surface area contributed by atoms with Gasteiger partial charge in [-0.3, -0.25) is 25.3 Å². The van der Waals surface area contributed by atoms with Crippen molar-refractivity contribution in [2.24, 2.45) is 7.05 Å². The van der Waals surface area contributed by atoms with Gasteiger partial charge in [-0.25, -0.2) is 4.98 Å². The van der Waals surface area contributed by atoms with E-state index in [1.165, 1.54) is 0 Å². The van der Waals surface area contributed by atoms with Gasteiger partial charge in [0.2, 0.25) is 5.91 Å². The van der Waals surface area contributed by atoms with E-state index in [2.05, 4.69) is 25.9 Å². The normalized spacial score (nSPS) is 10.8. The Kier molecular flexibility index (Phi) is 4.97. The molecule has 3 heterocycles. The van der Waals surface area contributed by atoms with Crippen molar-refractivity contribution in [2.45, 2.75) is 12.8 Å². The van der Waals surface area contributed by atoms with Crippen LogP contribution in [-0.4, -0.2) is 25.7 Å². The van der Waals surface area contributed by atoms with Gasteiger partial charge in [-0.15, -0.1) is 0 Å². The molecule has 0 radical (unpaired) electrons. The quantitative estimate of drug-likeness (QED) is 0.508. The van der Waals surface area contributed by atoms with Gasteiger partial charge >= 0.3 is 0 Å². The third-order valence-electron chi connectivity index (χ3n) is 4.39. The molecule has 0 bridgehead atoms. The summed E-state index contributed by atoms with van der Waals surface area (Å²) in [6, 6.07) is 15.5. The highest BCUT2D eigenvalue weighted by Crippen LogP contribution is 2.22. The highest BCUT2D eigenvalue weighted by Gasteiger charge is 2.06. The molecule has 0 aliphatic rings. The summed E-state index contributed by atoms with van der Waals surface area (Å²) in [7, 11) is 1.87. The first-order chi connectivity index (χ1) is 13.7. The molecule has 4 rings (SSSR count). The summed E-state index contributed by atoms with van der Waals surface area (Å²) >= 11 is 0. The minimum atomic E-state index is -0.0898. The van der Waals surface area contributed by atoms with Gasteiger partial charge in [0.1, 0.15) is 5.82 Å². The zero-order valence-corrected chi connectivity index (χ0v) is 15.5. The summed E-state index contributed by atoms with van der Waals surface area (Å²) in [6.07, 6.45) is 6.62. The van der Waals surface area contributed by atoms with Crippen molar-refractivity contribution in [3.63, 3.8) is 0 Å². The number of hydrogen-bond acceptors (Lipinski definition) is 5. The number of carbonyl (C=O) groups excluding carboxylic acids is 1. The molecule has 0 fully saturated rings. The van der Waals surface area contributed by atoms with Gasteiger partial charge in [0.05, 0.1) is 17.2 Å². The Morgan fingerprint density at radius 3 is 2.68 bits per heavy atom. The first-order valence-corrected chi connectivity index (χ1v) is 9.02. The molecular weight excluding hydrogens is 352 g/mol. The molecule has 7 nitrogen and oxygen atoms in total. The molecule has 0 saturated heterocycles. The van der Waals surface area contributed by atoms with Gasteiger partial charge in [0.25, 0.3) is 0 Å². The van der Waals surface area contributed by atoms with E-state index in [0.29, 0.717) is 18.7 Å². The van der Waals surface area contributed by atoms with E-state index in [1.54, 1.807) is 23.1 Å². The number of nitrogens with one attached hydrogen (secondary N) is 2. The van der Waals surface area contributed by atoms with Crippen LogP contribution in [0.4, 0.5) is 5.82 Å². The van der Waals surface area contributed by atoms with Crippen LogP contribution in [0.5, 0.6) is 0 Å². The van der Waals surface area contributed by atoms with Crippen molar-refractivity contribution in [3.8, 4) is 11.1 Å². The van der Waals surface area contributed by atoms with Gasteiger partial charge in [0.15, 0.2) is 0 Å². The van der Waals surface area contributed by atoms with E-state index < -0.39 is 0 Å². The molecule has 0 saturated carbocycles. The number of rotatable bonds is 6. The average Bonchev–Trinajstić information content (AvgIpc) is 3.17. The Labute approximate surface area is 162 Å². The van der Waals surface area contributed by atoms with Crippen molar-refractivity contribution in [2.75, 3.05) is 5.43 Å². The zero-order valence-electron chi connectivity index (χ0n) is 15.5. The van der Waals surface area contributed by atoms with Gasteiger partial charge in [0, 0.05) is 37.0 Å². The number of anilines is 1. The molecule has 1 amide bonds. The largest absolute Gasteiger partial charge is 0.282 e. The van der Waals surface area contributed by atoms with Crippen LogP contribution in [0, 0.1) is 0 Å². The van der Waals surface area contributed by atoms with E-state index in [0.717, 1.165) is 27.7 Å².